The highest BCUT2D eigenvalue weighted by Gasteiger charge is 2.30. The molecular weight excluding hydrogens is 531 g/mol. The SMILES string of the molecule is COc1cc2nc(SCC(=O)Nc3ccc(C)cc3)n(CCc3ccc(C(F)(F)F)cc3)c(=O)c2cc1OC. The first-order valence-electron chi connectivity index (χ1n) is 11.9. The maximum atomic E-state index is 13.6. The molecule has 0 aliphatic heterocycles. The molecule has 204 valence electrons. The Hall–Kier alpha value is -3.99. The third kappa shape index (κ3) is 6.72. The summed E-state index contributed by atoms with van der Waals surface area (Å²) in [5.74, 6) is 0.461. The van der Waals surface area contributed by atoms with Crippen LogP contribution >= 0.6 is 11.8 Å². The molecule has 0 spiro atoms. The first-order valence-corrected chi connectivity index (χ1v) is 12.9. The van der Waals surface area contributed by atoms with Crippen molar-refractivity contribution in [3.05, 3.63) is 87.7 Å². The Balaban J connectivity index is 1.63. The summed E-state index contributed by atoms with van der Waals surface area (Å²) in [5.41, 5.74) is 1.59. The minimum atomic E-state index is -4.43. The van der Waals surface area contributed by atoms with Gasteiger partial charge in [-0.1, -0.05) is 41.6 Å². The molecule has 4 aromatic rings. The number of benzene rings is 3. The number of anilines is 1. The molecular formula is C28H26F3N3O4S. The lowest BCUT2D eigenvalue weighted by atomic mass is 10.1. The molecule has 4 rings (SSSR count). The Morgan fingerprint density at radius 2 is 1.64 bits per heavy atom. The second-order valence-electron chi connectivity index (χ2n) is 8.72. The zero-order valence-corrected chi connectivity index (χ0v) is 22.3. The molecule has 3 aromatic carbocycles. The van der Waals surface area contributed by atoms with Gasteiger partial charge in [0.05, 0.1) is 36.4 Å². The zero-order chi connectivity index (χ0) is 28.2. The summed E-state index contributed by atoms with van der Waals surface area (Å²) in [6.07, 6.45) is -4.15. The lowest BCUT2D eigenvalue weighted by Crippen LogP contribution is -2.25. The van der Waals surface area contributed by atoms with E-state index in [2.05, 4.69) is 10.3 Å². The van der Waals surface area contributed by atoms with Crippen molar-refractivity contribution in [1.82, 2.24) is 9.55 Å². The summed E-state index contributed by atoms with van der Waals surface area (Å²) in [4.78, 5) is 30.8. The predicted molar refractivity (Wildman–Crippen MR) is 145 cm³/mol. The van der Waals surface area contributed by atoms with Crippen LogP contribution in [0.25, 0.3) is 10.9 Å². The number of aromatic nitrogens is 2. The normalized spacial score (nSPS) is 11.4. The number of ether oxygens (including phenoxy) is 2. The molecule has 1 heterocycles. The number of carbonyl (C=O) groups excluding carboxylic acids is 1. The van der Waals surface area contributed by atoms with E-state index in [0.29, 0.717) is 33.4 Å². The van der Waals surface area contributed by atoms with Crippen LogP contribution in [0.2, 0.25) is 0 Å². The second-order valence-corrected chi connectivity index (χ2v) is 9.67. The van der Waals surface area contributed by atoms with Crippen LogP contribution in [0.5, 0.6) is 11.5 Å². The van der Waals surface area contributed by atoms with Crippen molar-refractivity contribution in [2.45, 2.75) is 31.2 Å². The molecule has 39 heavy (non-hydrogen) atoms. The van der Waals surface area contributed by atoms with Gasteiger partial charge in [0.25, 0.3) is 5.56 Å². The van der Waals surface area contributed by atoms with Crippen LogP contribution in [0.1, 0.15) is 16.7 Å². The number of nitrogens with zero attached hydrogens (tertiary/aromatic N) is 2. The first-order chi connectivity index (χ1) is 18.6. The Kier molecular flexibility index (Phi) is 8.49. The fraction of sp³-hybridized carbons (Fsp3) is 0.250. The Bertz CT molecular complexity index is 1540. The molecule has 0 bridgehead atoms. The summed E-state index contributed by atoms with van der Waals surface area (Å²) < 4.78 is 50.9. The van der Waals surface area contributed by atoms with E-state index >= 15 is 0 Å². The van der Waals surface area contributed by atoms with Gasteiger partial charge in [0, 0.05) is 18.3 Å². The number of nitrogens with one attached hydrogen (secondary N) is 1. The molecule has 1 N–H and O–H groups in total. The van der Waals surface area contributed by atoms with E-state index in [0.717, 1.165) is 29.5 Å². The smallest absolute Gasteiger partial charge is 0.416 e. The van der Waals surface area contributed by atoms with Gasteiger partial charge in [0.15, 0.2) is 16.7 Å². The van der Waals surface area contributed by atoms with Crippen LogP contribution in [0.15, 0.2) is 70.6 Å². The van der Waals surface area contributed by atoms with Gasteiger partial charge in [-0.2, -0.15) is 13.2 Å². The number of rotatable bonds is 9. The summed E-state index contributed by atoms with van der Waals surface area (Å²) in [6.45, 7) is 2.09. The molecule has 0 aliphatic rings. The van der Waals surface area contributed by atoms with Crippen molar-refractivity contribution in [2.24, 2.45) is 0 Å². The minimum absolute atomic E-state index is 0.0145. The molecule has 0 unspecified atom stereocenters. The number of hydrogen-bond acceptors (Lipinski definition) is 6. The fourth-order valence-corrected chi connectivity index (χ4v) is 4.73. The highest BCUT2D eigenvalue weighted by molar-refractivity contribution is 7.99. The average molecular weight is 558 g/mol. The van der Waals surface area contributed by atoms with Crippen molar-refractivity contribution in [1.29, 1.82) is 0 Å². The lowest BCUT2D eigenvalue weighted by molar-refractivity contribution is -0.137. The topological polar surface area (TPSA) is 82.5 Å². The van der Waals surface area contributed by atoms with Crippen molar-refractivity contribution in [3.8, 4) is 11.5 Å². The fourth-order valence-electron chi connectivity index (χ4n) is 3.90. The third-order valence-corrected chi connectivity index (χ3v) is 6.97. The number of halogens is 3. The van der Waals surface area contributed by atoms with E-state index in [1.165, 1.54) is 37.0 Å². The predicted octanol–water partition coefficient (Wildman–Crippen LogP) is 5.71. The Morgan fingerprint density at radius 3 is 2.26 bits per heavy atom. The van der Waals surface area contributed by atoms with Gasteiger partial charge in [0.2, 0.25) is 5.91 Å². The first kappa shape index (κ1) is 28.0. The quantitative estimate of drug-likeness (QED) is 0.210. The molecule has 1 amide bonds. The van der Waals surface area contributed by atoms with Crippen LogP contribution < -0.4 is 20.3 Å². The maximum Gasteiger partial charge on any atom is 0.416 e. The molecule has 0 atom stereocenters. The van der Waals surface area contributed by atoms with E-state index in [9.17, 15) is 22.8 Å². The van der Waals surface area contributed by atoms with Crippen molar-refractivity contribution in [2.75, 3.05) is 25.3 Å². The monoisotopic (exact) mass is 557 g/mol. The van der Waals surface area contributed by atoms with Crippen LogP contribution in [0.4, 0.5) is 18.9 Å². The average Bonchev–Trinajstić information content (AvgIpc) is 2.91. The molecule has 0 fully saturated rings. The van der Waals surface area contributed by atoms with Gasteiger partial charge in [-0.05, 0) is 49.2 Å². The Labute approximate surface area is 227 Å². The summed E-state index contributed by atoms with van der Waals surface area (Å²) in [5, 5.41) is 3.40. The standard InChI is InChI=1S/C28H26F3N3O4S/c1-17-4-10-20(11-5-17)32-25(35)16-39-27-33-22-15-24(38-3)23(37-2)14-21(22)26(36)34(27)13-12-18-6-8-19(9-7-18)28(29,30)31/h4-11,14-15H,12-13,16H2,1-3H3,(H,32,35). The summed E-state index contributed by atoms with van der Waals surface area (Å²) in [6, 6.07) is 15.3. The number of fused-ring (bicyclic) bond motifs is 1. The van der Waals surface area contributed by atoms with Crippen LogP contribution in [0.3, 0.4) is 0 Å². The molecule has 0 radical (unpaired) electrons. The number of amides is 1. The molecule has 0 saturated heterocycles. The molecule has 11 heteroatoms. The number of alkyl halides is 3. The maximum absolute atomic E-state index is 13.6. The lowest BCUT2D eigenvalue weighted by Gasteiger charge is -2.15. The molecule has 0 saturated carbocycles. The number of carbonyl (C=O) groups is 1. The molecule has 1 aromatic heterocycles. The number of methoxy groups -OCH3 is 2. The third-order valence-electron chi connectivity index (χ3n) is 6.00. The molecule has 0 aliphatic carbocycles. The van der Waals surface area contributed by atoms with Gasteiger partial charge in [-0.15, -0.1) is 0 Å². The molecule has 7 nitrogen and oxygen atoms in total. The minimum Gasteiger partial charge on any atom is -0.493 e. The van der Waals surface area contributed by atoms with Gasteiger partial charge in [-0.25, -0.2) is 4.98 Å². The van der Waals surface area contributed by atoms with E-state index in [1.807, 2.05) is 19.1 Å². The number of thioether (sulfide) groups is 1. The largest absolute Gasteiger partial charge is 0.493 e. The van der Waals surface area contributed by atoms with Gasteiger partial charge in [0.1, 0.15) is 0 Å². The van der Waals surface area contributed by atoms with Gasteiger partial charge < -0.3 is 14.8 Å². The second kappa shape index (κ2) is 11.8. The summed E-state index contributed by atoms with van der Waals surface area (Å²) >= 11 is 1.09. The van der Waals surface area contributed by atoms with Crippen molar-refractivity contribution < 1.29 is 27.4 Å². The highest BCUT2D eigenvalue weighted by Crippen LogP contribution is 2.32. The van der Waals surface area contributed by atoms with Crippen LogP contribution in [-0.4, -0.2) is 35.4 Å². The van der Waals surface area contributed by atoms with E-state index in [4.69, 9.17) is 9.47 Å². The number of aryl methyl sites for hydroxylation is 2. The zero-order valence-electron chi connectivity index (χ0n) is 21.5. The highest BCUT2D eigenvalue weighted by atomic mass is 32.2. The van der Waals surface area contributed by atoms with Crippen LogP contribution in [0, 0.1) is 6.92 Å². The Morgan fingerprint density at radius 1 is 1.00 bits per heavy atom. The van der Waals surface area contributed by atoms with E-state index < -0.39 is 11.7 Å². The van der Waals surface area contributed by atoms with E-state index in [1.54, 1.807) is 18.2 Å². The van der Waals surface area contributed by atoms with Crippen molar-refractivity contribution in [3.63, 3.8) is 0 Å². The van der Waals surface area contributed by atoms with Crippen molar-refractivity contribution >= 4 is 34.3 Å². The van der Waals surface area contributed by atoms with Gasteiger partial charge in [-0.3, -0.25) is 14.2 Å². The van der Waals surface area contributed by atoms with E-state index in [-0.39, 0.29) is 35.6 Å². The van der Waals surface area contributed by atoms with Crippen LogP contribution in [-0.2, 0) is 23.9 Å². The summed E-state index contributed by atoms with van der Waals surface area (Å²) in [7, 11) is 2.93. The number of hydrogen-bond donors (Lipinski definition) is 1. The van der Waals surface area contributed by atoms with Gasteiger partial charge >= 0.3 is 6.18 Å².